The van der Waals surface area contributed by atoms with Gasteiger partial charge in [0.05, 0.1) is 23.3 Å². The molecule has 0 bridgehead atoms. The number of carbonyl (C=O) groups excluding carboxylic acids is 1. The third-order valence-corrected chi connectivity index (χ3v) is 7.79. The number of nitro benzene ring substituents is 1. The summed E-state index contributed by atoms with van der Waals surface area (Å²) in [7, 11) is -2.83. The lowest BCUT2D eigenvalue weighted by Crippen LogP contribution is -2.32. The van der Waals surface area contributed by atoms with Gasteiger partial charge in [-0.05, 0) is 44.9 Å². The van der Waals surface area contributed by atoms with Gasteiger partial charge in [-0.3, -0.25) is 14.9 Å². The second-order valence-corrected chi connectivity index (χ2v) is 11.0. The summed E-state index contributed by atoms with van der Waals surface area (Å²) in [6.45, 7) is 4.56. The Labute approximate surface area is 231 Å². The number of nitrogens with one attached hydrogen (secondary N) is 2. The normalized spacial score (nSPS) is 15.2. The van der Waals surface area contributed by atoms with E-state index in [0.717, 1.165) is 30.5 Å². The third-order valence-electron chi connectivity index (χ3n) is 6.31. The van der Waals surface area contributed by atoms with Crippen molar-refractivity contribution >= 4 is 21.6 Å². The van der Waals surface area contributed by atoms with Crippen molar-refractivity contribution in [1.82, 2.24) is 19.8 Å². The number of hydrogen-bond donors (Lipinski definition) is 2. The van der Waals surface area contributed by atoms with Gasteiger partial charge in [0.15, 0.2) is 5.69 Å². The molecular formula is C26H31N5O8S. The van der Waals surface area contributed by atoms with Gasteiger partial charge in [0, 0.05) is 44.5 Å². The summed E-state index contributed by atoms with van der Waals surface area (Å²) in [4.78, 5) is 23.4. The summed E-state index contributed by atoms with van der Waals surface area (Å²) < 4.78 is 46.6. The Bertz CT molecular complexity index is 1480. The molecule has 1 aromatic heterocycles. The highest BCUT2D eigenvalue weighted by Crippen LogP contribution is 2.35. The molecule has 4 rings (SSSR count). The lowest BCUT2D eigenvalue weighted by atomic mass is 10.2. The van der Waals surface area contributed by atoms with E-state index in [2.05, 4.69) is 15.1 Å². The molecule has 3 aromatic rings. The topological polar surface area (TPSA) is 164 Å². The Balaban J connectivity index is 1.76. The molecule has 0 unspecified atom stereocenters. The molecule has 0 radical (unpaired) electrons. The first-order valence-corrected chi connectivity index (χ1v) is 14.1. The number of amides is 1. The lowest BCUT2D eigenvalue weighted by molar-refractivity contribution is -0.385. The summed E-state index contributed by atoms with van der Waals surface area (Å²) in [6.07, 6.45) is 1.71. The van der Waals surface area contributed by atoms with Gasteiger partial charge < -0.3 is 19.5 Å². The smallest absolute Gasteiger partial charge is 0.272 e. The number of nitro groups is 1. The highest BCUT2D eigenvalue weighted by molar-refractivity contribution is 7.89. The van der Waals surface area contributed by atoms with Crippen LogP contribution in [0.4, 0.5) is 5.69 Å². The maximum atomic E-state index is 13.1. The van der Waals surface area contributed by atoms with Crippen molar-refractivity contribution in [3.05, 3.63) is 69.4 Å². The zero-order valence-corrected chi connectivity index (χ0v) is 23.2. The number of nitrogens with zero attached hydrogens (tertiary/aromatic N) is 3. The molecule has 2 N–H and O–H groups in total. The number of methoxy groups -OCH3 is 1. The van der Waals surface area contributed by atoms with Gasteiger partial charge in [0.2, 0.25) is 15.9 Å². The summed E-state index contributed by atoms with van der Waals surface area (Å²) in [5, 5.41) is 18.8. The lowest BCUT2D eigenvalue weighted by Gasteiger charge is -2.14. The molecule has 2 aromatic carbocycles. The quantitative estimate of drug-likeness (QED) is 0.188. The minimum absolute atomic E-state index is 0.0592. The van der Waals surface area contributed by atoms with Gasteiger partial charge in [-0.25, -0.2) is 13.1 Å². The van der Waals surface area contributed by atoms with Gasteiger partial charge in [-0.2, -0.15) is 9.78 Å². The standard InChI is InChI=1S/C26H31N5O8S/c1-17-6-8-19(9-7-17)30-26(18(2)24(29-30)25(32)27-16-21-5-4-13-38-21)39-22-11-10-20(31(33)34)15-23(22)40(35,36)28-12-14-37-3/h6-11,15,21,28H,4-5,12-14,16H2,1-3H3,(H,27,32)/t21-/m1/s1. The van der Waals surface area contributed by atoms with Gasteiger partial charge in [-0.15, -0.1) is 0 Å². The Kier molecular flexibility index (Phi) is 9.14. The van der Waals surface area contributed by atoms with Crippen LogP contribution in [0.25, 0.3) is 5.69 Å². The van der Waals surface area contributed by atoms with Crippen molar-refractivity contribution in [3.8, 4) is 17.3 Å². The van der Waals surface area contributed by atoms with Crippen LogP contribution in [-0.4, -0.2) is 68.5 Å². The molecule has 214 valence electrons. The Morgan fingerprint density at radius 1 is 1.23 bits per heavy atom. The second kappa shape index (κ2) is 12.6. The van der Waals surface area contributed by atoms with Crippen LogP contribution in [0.2, 0.25) is 0 Å². The number of aromatic nitrogens is 2. The van der Waals surface area contributed by atoms with Crippen LogP contribution in [0.3, 0.4) is 0 Å². The molecule has 0 saturated carbocycles. The van der Waals surface area contributed by atoms with Gasteiger partial charge in [0.1, 0.15) is 10.6 Å². The molecule has 1 amide bonds. The maximum absolute atomic E-state index is 13.1. The van der Waals surface area contributed by atoms with Crippen LogP contribution in [0.15, 0.2) is 47.4 Å². The molecule has 1 atom stereocenters. The van der Waals surface area contributed by atoms with Gasteiger partial charge in [-0.1, -0.05) is 17.7 Å². The minimum atomic E-state index is -4.25. The van der Waals surface area contributed by atoms with Crippen molar-refractivity contribution in [2.45, 2.75) is 37.7 Å². The van der Waals surface area contributed by atoms with Crippen LogP contribution in [0.1, 0.15) is 34.5 Å². The average Bonchev–Trinajstić information content (AvgIpc) is 3.56. The fourth-order valence-electron chi connectivity index (χ4n) is 4.14. The van der Waals surface area contributed by atoms with Crippen molar-refractivity contribution < 1.29 is 32.3 Å². The van der Waals surface area contributed by atoms with E-state index >= 15 is 0 Å². The summed E-state index contributed by atoms with van der Waals surface area (Å²) in [5.41, 5.74) is 1.55. The van der Waals surface area contributed by atoms with Crippen LogP contribution in [0.5, 0.6) is 11.6 Å². The van der Waals surface area contributed by atoms with Crippen molar-refractivity contribution in [1.29, 1.82) is 0 Å². The van der Waals surface area contributed by atoms with Crippen LogP contribution in [0, 0.1) is 24.0 Å². The van der Waals surface area contributed by atoms with E-state index in [9.17, 15) is 23.3 Å². The van der Waals surface area contributed by atoms with E-state index in [1.165, 1.54) is 17.9 Å². The summed E-state index contributed by atoms with van der Waals surface area (Å²) >= 11 is 0. The van der Waals surface area contributed by atoms with E-state index in [-0.39, 0.29) is 36.6 Å². The Morgan fingerprint density at radius 2 is 1.98 bits per heavy atom. The number of benzene rings is 2. The number of hydrogen-bond acceptors (Lipinski definition) is 9. The number of carbonyl (C=O) groups is 1. The van der Waals surface area contributed by atoms with E-state index in [0.29, 0.717) is 24.4 Å². The van der Waals surface area contributed by atoms with Crippen LogP contribution >= 0.6 is 0 Å². The zero-order valence-electron chi connectivity index (χ0n) is 22.4. The third kappa shape index (κ3) is 6.65. The van der Waals surface area contributed by atoms with Gasteiger partial charge in [0.25, 0.3) is 11.6 Å². The highest BCUT2D eigenvalue weighted by atomic mass is 32.2. The predicted molar refractivity (Wildman–Crippen MR) is 145 cm³/mol. The maximum Gasteiger partial charge on any atom is 0.272 e. The number of aryl methyl sites for hydroxylation is 1. The number of rotatable bonds is 12. The minimum Gasteiger partial charge on any atom is -0.437 e. The Morgan fingerprint density at radius 3 is 2.62 bits per heavy atom. The molecule has 1 aliphatic heterocycles. The number of sulfonamides is 1. The molecule has 40 heavy (non-hydrogen) atoms. The first-order chi connectivity index (χ1) is 19.1. The molecule has 0 aliphatic carbocycles. The monoisotopic (exact) mass is 573 g/mol. The predicted octanol–water partition coefficient (Wildman–Crippen LogP) is 3.02. The fourth-order valence-corrected chi connectivity index (χ4v) is 5.30. The molecule has 1 saturated heterocycles. The molecule has 1 aliphatic rings. The molecule has 0 spiro atoms. The number of non-ortho nitro benzene ring substituents is 1. The molecule has 2 heterocycles. The van der Waals surface area contributed by atoms with Crippen molar-refractivity contribution in [2.24, 2.45) is 0 Å². The SMILES string of the molecule is COCCNS(=O)(=O)c1cc([N+](=O)[O-])ccc1Oc1c(C)c(C(=O)NC[C@H]2CCCO2)nn1-c1ccc(C)cc1. The van der Waals surface area contributed by atoms with E-state index < -0.39 is 31.4 Å². The number of ether oxygens (including phenoxy) is 3. The fraction of sp³-hybridized carbons (Fsp3) is 0.385. The Hall–Kier alpha value is -3.85. The second-order valence-electron chi connectivity index (χ2n) is 9.25. The first-order valence-electron chi connectivity index (χ1n) is 12.6. The van der Waals surface area contributed by atoms with E-state index in [4.69, 9.17) is 14.2 Å². The molecule has 14 heteroatoms. The first kappa shape index (κ1) is 29.1. The zero-order chi connectivity index (χ0) is 28.9. The van der Waals surface area contributed by atoms with Crippen molar-refractivity contribution in [3.63, 3.8) is 0 Å². The molecule has 1 fully saturated rings. The van der Waals surface area contributed by atoms with E-state index in [1.807, 2.05) is 19.1 Å². The average molecular weight is 574 g/mol. The molecular weight excluding hydrogens is 542 g/mol. The molecule has 13 nitrogen and oxygen atoms in total. The van der Waals surface area contributed by atoms with Gasteiger partial charge >= 0.3 is 0 Å². The summed E-state index contributed by atoms with van der Waals surface area (Å²) in [6, 6.07) is 10.5. The van der Waals surface area contributed by atoms with Crippen LogP contribution in [-0.2, 0) is 19.5 Å². The largest absolute Gasteiger partial charge is 0.437 e. The van der Waals surface area contributed by atoms with Crippen molar-refractivity contribution in [2.75, 3.05) is 33.4 Å². The van der Waals surface area contributed by atoms with Crippen LogP contribution < -0.4 is 14.8 Å². The highest BCUT2D eigenvalue weighted by Gasteiger charge is 2.28. The summed E-state index contributed by atoms with van der Waals surface area (Å²) in [5.74, 6) is -0.548. The van der Waals surface area contributed by atoms with E-state index in [1.54, 1.807) is 19.1 Å².